The lowest BCUT2D eigenvalue weighted by Gasteiger charge is -2.08. The van der Waals surface area contributed by atoms with Crippen molar-refractivity contribution in [2.24, 2.45) is 0 Å². The van der Waals surface area contributed by atoms with Gasteiger partial charge in [0, 0.05) is 18.3 Å². The second-order valence-corrected chi connectivity index (χ2v) is 4.44. The van der Waals surface area contributed by atoms with Crippen molar-refractivity contribution in [2.45, 2.75) is 27.4 Å². The molecule has 0 aliphatic carbocycles. The number of benzene rings is 1. The molecule has 0 aliphatic rings. The Morgan fingerprint density at radius 2 is 1.84 bits per heavy atom. The van der Waals surface area contributed by atoms with E-state index in [0.717, 1.165) is 23.8 Å². The van der Waals surface area contributed by atoms with Crippen LogP contribution in [0.15, 0.2) is 30.3 Å². The molecule has 0 radical (unpaired) electrons. The minimum absolute atomic E-state index is 0.378. The van der Waals surface area contributed by atoms with Crippen molar-refractivity contribution in [3.63, 3.8) is 0 Å². The summed E-state index contributed by atoms with van der Waals surface area (Å²) in [4.78, 5) is 8.78. The monoisotopic (exact) mass is 257 g/mol. The number of hydrogen-bond donors (Lipinski definition) is 1. The third kappa shape index (κ3) is 3.95. The Labute approximate surface area is 113 Å². The predicted molar refractivity (Wildman–Crippen MR) is 76.4 cm³/mol. The highest BCUT2D eigenvalue weighted by atomic mass is 16.5. The molecule has 0 saturated heterocycles. The van der Waals surface area contributed by atoms with E-state index in [1.165, 1.54) is 5.56 Å². The Kier molecular flexibility index (Phi) is 4.34. The molecule has 100 valence electrons. The fraction of sp³-hybridized carbons (Fsp3) is 0.333. The van der Waals surface area contributed by atoms with Crippen LogP contribution in [0, 0.1) is 13.8 Å². The van der Waals surface area contributed by atoms with Crippen molar-refractivity contribution < 1.29 is 4.74 Å². The van der Waals surface area contributed by atoms with Gasteiger partial charge in [-0.3, -0.25) is 0 Å². The van der Waals surface area contributed by atoms with E-state index in [-0.39, 0.29) is 0 Å². The molecule has 2 aromatic rings. The zero-order valence-corrected chi connectivity index (χ0v) is 11.6. The molecule has 1 aromatic carbocycles. The first-order valence-corrected chi connectivity index (χ1v) is 6.45. The Bertz CT molecular complexity index is 538. The molecule has 0 spiro atoms. The number of nitrogens with one attached hydrogen (secondary N) is 1. The summed E-state index contributed by atoms with van der Waals surface area (Å²) in [6.07, 6.45) is 0. The molecule has 1 aromatic heterocycles. The molecular formula is C15H19N3O. The largest absolute Gasteiger partial charge is 0.486 e. The molecule has 0 unspecified atom stereocenters. The summed E-state index contributed by atoms with van der Waals surface area (Å²) in [6, 6.07) is 9.89. The zero-order valence-electron chi connectivity index (χ0n) is 11.6. The SMILES string of the molecule is CCNc1cc(C)nc(COc2ccc(C)cc2)n1. The molecular weight excluding hydrogens is 238 g/mol. The molecule has 1 heterocycles. The van der Waals surface area contributed by atoms with E-state index in [1.54, 1.807) is 0 Å². The van der Waals surface area contributed by atoms with Gasteiger partial charge in [-0.05, 0) is 32.9 Å². The van der Waals surface area contributed by atoms with Crippen LogP contribution in [-0.2, 0) is 6.61 Å². The average molecular weight is 257 g/mol. The number of hydrogen-bond acceptors (Lipinski definition) is 4. The van der Waals surface area contributed by atoms with Crippen LogP contribution in [0.4, 0.5) is 5.82 Å². The van der Waals surface area contributed by atoms with Gasteiger partial charge in [-0.2, -0.15) is 0 Å². The number of anilines is 1. The average Bonchev–Trinajstić information content (AvgIpc) is 2.38. The Morgan fingerprint density at radius 3 is 2.53 bits per heavy atom. The van der Waals surface area contributed by atoms with E-state index in [0.29, 0.717) is 12.4 Å². The molecule has 2 rings (SSSR count). The van der Waals surface area contributed by atoms with Crippen LogP contribution in [0.3, 0.4) is 0 Å². The van der Waals surface area contributed by atoms with E-state index in [4.69, 9.17) is 4.74 Å². The minimum atomic E-state index is 0.378. The second kappa shape index (κ2) is 6.18. The second-order valence-electron chi connectivity index (χ2n) is 4.44. The summed E-state index contributed by atoms with van der Waals surface area (Å²) in [5.41, 5.74) is 2.15. The van der Waals surface area contributed by atoms with Crippen molar-refractivity contribution in [1.82, 2.24) is 9.97 Å². The summed E-state index contributed by atoms with van der Waals surface area (Å²) in [5.74, 6) is 2.37. The van der Waals surface area contributed by atoms with E-state index in [9.17, 15) is 0 Å². The lowest BCUT2D eigenvalue weighted by atomic mass is 10.2. The maximum Gasteiger partial charge on any atom is 0.168 e. The molecule has 19 heavy (non-hydrogen) atoms. The van der Waals surface area contributed by atoms with Crippen LogP contribution in [0.5, 0.6) is 5.75 Å². The van der Waals surface area contributed by atoms with Gasteiger partial charge in [-0.1, -0.05) is 17.7 Å². The number of ether oxygens (including phenoxy) is 1. The Balaban J connectivity index is 2.04. The van der Waals surface area contributed by atoms with Crippen molar-refractivity contribution in [3.8, 4) is 5.75 Å². The lowest BCUT2D eigenvalue weighted by molar-refractivity contribution is 0.295. The fourth-order valence-electron chi connectivity index (χ4n) is 1.75. The maximum atomic E-state index is 5.68. The molecule has 0 fully saturated rings. The van der Waals surface area contributed by atoms with Crippen LogP contribution in [0.2, 0.25) is 0 Å². The summed E-state index contributed by atoms with van der Waals surface area (Å²) in [7, 11) is 0. The summed E-state index contributed by atoms with van der Waals surface area (Å²) in [5, 5.41) is 3.19. The van der Waals surface area contributed by atoms with Gasteiger partial charge in [-0.15, -0.1) is 0 Å². The first kappa shape index (κ1) is 13.3. The zero-order chi connectivity index (χ0) is 13.7. The summed E-state index contributed by atoms with van der Waals surface area (Å²) < 4.78 is 5.68. The molecule has 0 aliphatic heterocycles. The van der Waals surface area contributed by atoms with Gasteiger partial charge in [0.1, 0.15) is 18.2 Å². The van der Waals surface area contributed by atoms with Gasteiger partial charge < -0.3 is 10.1 Å². The third-order valence-corrected chi connectivity index (χ3v) is 2.65. The van der Waals surface area contributed by atoms with Gasteiger partial charge in [0.15, 0.2) is 5.82 Å². The molecule has 0 bridgehead atoms. The minimum Gasteiger partial charge on any atom is -0.486 e. The molecule has 4 nitrogen and oxygen atoms in total. The number of nitrogens with zero attached hydrogens (tertiary/aromatic N) is 2. The van der Waals surface area contributed by atoms with Gasteiger partial charge in [-0.25, -0.2) is 9.97 Å². The maximum absolute atomic E-state index is 5.68. The normalized spacial score (nSPS) is 10.3. The predicted octanol–water partition coefficient (Wildman–Crippen LogP) is 3.10. The van der Waals surface area contributed by atoms with Crippen LogP contribution in [0.1, 0.15) is 24.0 Å². The highest BCUT2D eigenvalue weighted by Crippen LogP contribution is 2.13. The van der Waals surface area contributed by atoms with Crippen LogP contribution in [0.25, 0.3) is 0 Å². The molecule has 0 saturated carbocycles. The Morgan fingerprint density at radius 1 is 1.11 bits per heavy atom. The van der Waals surface area contributed by atoms with E-state index >= 15 is 0 Å². The number of rotatable bonds is 5. The highest BCUT2D eigenvalue weighted by Gasteiger charge is 2.03. The third-order valence-electron chi connectivity index (χ3n) is 2.65. The van der Waals surface area contributed by atoms with Gasteiger partial charge >= 0.3 is 0 Å². The number of aryl methyl sites for hydroxylation is 2. The Hall–Kier alpha value is -2.10. The molecule has 0 amide bonds. The van der Waals surface area contributed by atoms with Gasteiger partial charge in [0.2, 0.25) is 0 Å². The fourth-order valence-corrected chi connectivity index (χ4v) is 1.75. The standard InChI is InChI=1S/C15H19N3O/c1-4-16-14-9-12(3)17-15(18-14)10-19-13-7-5-11(2)6-8-13/h5-9H,4,10H2,1-3H3,(H,16,17,18). The lowest BCUT2D eigenvalue weighted by Crippen LogP contribution is -2.07. The first-order valence-electron chi connectivity index (χ1n) is 6.45. The molecule has 0 atom stereocenters. The topological polar surface area (TPSA) is 47.0 Å². The smallest absolute Gasteiger partial charge is 0.168 e. The number of aromatic nitrogens is 2. The van der Waals surface area contributed by atoms with Crippen LogP contribution >= 0.6 is 0 Å². The molecule has 4 heteroatoms. The van der Waals surface area contributed by atoms with E-state index in [1.807, 2.05) is 44.2 Å². The first-order chi connectivity index (χ1) is 9.17. The van der Waals surface area contributed by atoms with Crippen LogP contribution < -0.4 is 10.1 Å². The molecule has 1 N–H and O–H groups in total. The summed E-state index contributed by atoms with van der Waals surface area (Å²) >= 11 is 0. The quantitative estimate of drug-likeness (QED) is 0.894. The van der Waals surface area contributed by atoms with Gasteiger partial charge in [0.05, 0.1) is 0 Å². The highest BCUT2D eigenvalue weighted by molar-refractivity contribution is 5.35. The van der Waals surface area contributed by atoms with E-state index in [2.05, 4.69) is 22.2 Å². The van der Waals surface area contributed by atoms with Crippen molar-refractivity contribution in [1.29, 1.82) is 0 Å². The van der Waals surface area contributed by atoms with Crippen molar-refractivity contribution in [2.75, 3.05) is 11.9 Å². The van der Waals surface area contributed by atoms with Gasteiger partial charge in [0.25, 0.3) is 0 Å². The van der Waals surface area contributed by atoms with Crippen molar-refractivity contribution >= 4 is 5.82 Å². The van der Waals surface area contributed by atoms with Crippen molar-refractivity contribution in [3.05, 3.63) is 47.4 Å². The van der Waals surface area contributed by atoms with Crippen LogP contribution in [-0.4, -0.2) is 16.5 Å². The summed E-state index contributed by atoms with van der Waals surface area (Å²) in [6.45, 7) is 7.27. The van der Waals surface area contributed by atoms with E-state index < -0.39 is 0 Å².